The van der Waals surface area contributed by atoms with Gasteiger partial charge < -0.3 is 5.73 Å². The van der Waals surface area contributed by atoms with Crippen LogP contribution in [0.5, 0.6) is 0 Å². The van der Waals surface area contributed by atoms with E-state index in [2.05, 4.69) is 10.4 Å². The summed E-state index contributed by atoms with van der Waals surface area (Å²) in [6, 6.07) is 11.7. The van der Waals surface area contributed by atoms with E-state index in [1.165, 1.54) is 0 Å². The number of nitrogens with one attached hydrogen (secondary N) is 1. The van der Waals surface area contributed by atoms with Crippen LogP contribution in [0.25, 0.3) is 0 Å². The van der Waals surface area contributed by atoms with Crippen LogP contribution in [0, 0.1) is 0 Å². The molecule has 100 valence electrons. The highest BCUT2D eigenvalue weighted by Gasteiger charge is 2.11. The van der Waals surface area contributed by atoms with Gasteiger partial charge in [0.05, 0.1) is 0 Å². The molecule has 1 heterocycles. The topological polar surface area (TPSA) is 77.0 Å². The normalized spacial score (nSPS) is 12.3. The Balaban J connectivity index is 2.07. The number of hydrogen-bond acceptors (Lipinski definition) is 4. The van der Waals surface area contributed by atoms with Crippen molar-refractivity contribution in [3.05, 3.63) is 58.7 Å². The van der Waals surface area contributed by atoms with Gasteiger partial charge in [0.25, 0.3) is 0 Å². The summed E-state index contributed by atoms with van der Waals surface area (Å²) in [6.07, 6.45) is 3.19. The molecule has 5 heteroatoms. The highest BCUT2D eigenvalue weighted by molar-refractivity contribution is 6.30. The van der Waals surface area contributed by atoms with Crippen molar-refractivity contribution in [2.24, 2.45) is 5.84 Å². The van der Waals surface area contributed by atoms with Crippen LogP contribution >= 0.6 is 11.6 Å². The first-order valence-electron chi connectivity index (χ1n) is 6.09. The second-order valence-corrected chi connectivity index (χ2v) is 4.89. The lowest BCUT2D eigenvalue weighted by Crippen LogP contribution is -2.38. The van der Waals surface area contributed by atoms with E-state index in [1.54, 1.807) is 6.20 Å². The number of anilines is 1. The molecule has 1 aromatic heterocycles. The lowest BCUT2D eigenvalue weighted by molar-refractivity contribution is 0.522. The van der Waals surface area contributed by atoms with Crippen LogP contribution in [0.1, 0.15) is 11.1 Å². The summed E-state index contributed by atoms with van der Waals surface area (Å²) in [5.41, 5.74) is 10.8. The summed E-state index contributed by atoms with van der Waals surface area (Å²) in [4.78, 5) is 4.08. The van der Waals surface area contributed by atoms with Crippen molar-refractivity contribution in [1.29, 1.82) is 0 Å². The van der Waals surface area contributed by atoms with Crippen molar-refractivity contribution in [1.82, 2.24) is 10.4 Å². The zero-order valence-electron chi connectivity index (χ0n) is 10.5. The van der Waals surface area contributed by atoms with Crippen LogP contribution in [-0.2, 0) is 12.8 Å². The molecule has 0 saturated carbocycles. The first kappa shape index (κ1) is 13.8. The molecular formula is C14H17ClN4. The molecule has 19 heavy (non-hydrogen) atoms. The Bertz CT molecular complexity index is 544. The molecule has 2 aromatic rings. The van der Waals surface area contributed by atoms with Gasteiger partial charge in [-0.2, -0.15) is 0 Å². The smallest absolute Gasteiger partial charge is 0.126 e. The minimum atomic E-state index is 0.0879. The van der Waals surface area contributed by atoms with Gasteiger partial charge >= 0.3 is 0 Å². The average molecular weight is 277 g/mol. The SMILES string of the molecule is NNC(Cc1cccc(Cl)c1)Cc1cccnc1N. The third-order valence-corrected chi connectivity index (χ3v) is 3.23. The Labute approximate surface area is 117 Å². The Morgan fingerprint density at radius 3 is 2.74 bits per heavy atom. The summed E-state index contributed by atoms with van der Waals surface area (Å²) in [5, 5.41) is 0.731. The number of pyridine rings is 1. The average Bonchev–Trinajstić information content (AvgIpc) is 2.40. The number of nitrogens with two attached hydrogens (primary N) is 2. The second kappa shape index (κ2) is 6.52. The number of nitrogen functional groups attached to an aromatic ring is 1. The number of halogens is 1. The molecule has 0 aliphatic heterocycles. The van der Waals surface area contributed by atoms with E-state index in [9.17, 15) is 0 Å². The van der Waals surface area contributed by atoms with E-state index in [0.717, 1.165) is 29.0 Å². The number of rotatable bonds is 5. The first-order valence-corrected chi connectivity index (χ1v) is 6.47. The van der Waals surface area contributed by atoms with E-state index < -0.39 is 0 Å². The van der Waals surface area contributed by atoms with Gasteiger partial charge in [0, 0.05) is 17.3 Å². The summed E-state index contributed by atoms with van der Waals surface area (Å²) < 4.78 is 0. The molecule has 0 saturated heterocycles. The predicted molar refractivity (Wildman–Crippen MR) is 78.6 cm³/mol. The third-order valence-electron chi connectivity index (χ3n) is 3.00. The number of hydrazine groups is 1. The molecule has 0 spiro atoms. The van der Waals surface area contributed by atoms with Crippen molar-refractivity contribution in [3.8, 4) is 0 Å². The Morgan fingerprint density at radius 1 is 1.21 bits per heavy atom. The second-order valence-electron chi connectivity index (χ2n) is 4.45. The molecule has 1 aromatic carbocycles. The standard InChI is InChI=1S/C14H17ClN4/c15-12-5-1-3-10(7-12)8-13(19-17)9-11-4-2-6-18-14(11)16/h1-7,13,19H,8-9,17H2,(H2,16,18). The maximum atomic E-state index is 5.98. The molecule has 0 radical (unpaired) electrons. The lowest BCUT2D eigenvalue weighted by atomic mass is 10.00. The van der Waals surface area contributed by atoms with Crippen molar-refractivity contribution in [3.63, 3.8) is 0 Å². The fraction of sp³-hybridized carbons (Fsp3) is 0.214. The number of nitrogens with zero attached hydrogens (tertiary/aromatic N) is 1. The van der Waals surface area contributed by atoms with E-state index in [1.807, 2.05) is 36.4 Å². The van der Waals surface area contributed by atoms with Crippen LogP contribution in [0.4, 0.5) is 5.82 Å². The van der Waals surface area contributed by atoms with Crippen LogP contribution < -0.4 is 17.0 Å². The van der Waals surface area contributed by atoms with Crippen LogP contribution in [0.3, 0.4) is 0 Å². The quantitative estimate of drug-likeness (QED) is 0.576. The van der Waals surface area contributed by atoms with Gasteiger partial charge in [-0.3, -0.25) is 11.3 Å². The Hall–Kier alpha value is -1.62. The van der Waals surface area contributed by atoms with Crippen LogP contribution in [0.15, 0.2) is 42.6 Å². The van der Waals surface area contributed by atoms with Gasteiger partial charge in [0.1, 0.15) is 5.82 Å². The molecule has 0 aliphatic carbocycles. The maximum Gasteiger partial charge on any atom is 0.126 e. The Morgan fingerprint density at radius 2 is 2.05 bits per heavy atom. The van der Waals surface area contributed by atoms with E-state index in [0.29, 0.717) is 5.82 Å². The van der Waals surface area contributed by atoms with Crippen molar-refractivity contribution in [2.45, 2.75) is 18.9 Å². The van der Waals surface area contributed by atoms with Crippen LogP contribution in [-0.4, -0.2) is 11.0 Å². The summed E-state index contributed by atoms with van der Waals surface area (Å²) >= 11 is 5.98. The van der Waals surface area contributed by atoms with Crippen molar-refractivity contribution < 1.29 is 0 Å². The maximum absolute atomic E-state index is 5.98. The van der Waals surface area contributed by atoms with Crippen molar-refractivity contribution >= 4 is 17.4 Å². The van der Waals surface area contributed by atoms with Crippen LogP contribution in [0.2, 0.25) is 5.02 Å². The van der Waals surface area contributed by atoms with Gasteiger partial charge in [-0.25, -0.2) is 4.98 Å². The van der Waals surface area contributed by atoms with Gasteiger partial charge in [0.15, 0.2) is 0 Å². The third kappa shape index (κ3) is 3.92. The summed E-state index contributed by atoms with van der Waals surface area (Å²) in [7, 11) is 0. The molecule has 1 unspecified atom stereocenters. The number of benzene rings is 1. The number of aromatic nitrogens is 1. The molecule has 0 bridgehead atoms. The molecule has 0 aliphatic rings. The van der Waals surface area contributed by atoms with Gasteiger partial charge in [-0.05, 0) is 42.2 Å². The number of hydrogen-bond donors (Lipinski definition) is 3. The Kier molecular flexibility index (Phi) is 4.74. The molecule has 0 amide bonds. The molecule has 0 fully saturated rings. The minimum absolute atomic E-state index is 0.0879. The molecule has 5 N–H and O–H groups in total. The fourth-order valence-corrected chi connectivity index (χ4v) is 2.24. The highest BCUT2D eigenvalue weighted by Crippen LogP contribution is 2.15. The summed E-state index contributed by atoms with van der Waals surface area (Å²) in [6.45, 7) is 0. The van der Waals surface area contributed by atoms with Crippen molar-refractivity contribution in [2.75, 3.05) is 5.73 Å². The zero-order valence-corrected chi connectivity index (χ0v) is 11.3. The molecular weight excluding hydrogens is 260 g/mol. The van der Waals surface area contributed by atoms with E-state index in [-0.39, 0.29) is 6.04 Å². The zero-order chi connectivity index (χ0) is 13.7. The highest BCUT2D eigenvalue weighted by atomic mass is 35.5. The fourth-order valence-electron chi connectivity index (χ4n) is 2.03. The summed E-state index contributed by atoms with van der Waals surface area (Å²) in [5.74, 6) is 6.16. The predicted octanol–water partition coefficient (Wildman–Crippen LogP) is 1.93. The van der Waals surface area contributed by atoms with E-state index >= 15 is 0 Å². The molecule has 4 nitrogen and oxygen atoms in total. The van der Waals surface area contributed by atoms with Gasteiger partial charge in [0.2, 0.25) is 0 Å². The minimum Gasteiger partial charge on any atom is -0.383 e. The first-order chi connectivity index (χ1) is 9.19. The van der Waals surface area contributed by atoms with E-state index in [4.69, 9.17) is 23.2 Å². The lowest BCUT2D eigenvalue weighted by Gasteiger charge is -2.16. The molecule has 1 atom stereocenters. The largest absolute Gasteiger partial charge is 0.383 e. The van der Waals surface area contributed by atoms with Gasteiger partial charge in [-0.1, -0.05) is 29.8 Å². The van der Waals surface area contributed by atoms with Gasteiger partial charge in [-0.15, -0.1) is 0 Å². The monoisotopic (exact) mass is 276 g/mol. The molecule has 2 rings (SSSR count).